The lowest BCUT2D eigenvalue weighted by Crippen LogP contribution is -2.44. The van der Waals surface area contributed by atoms with E-state index in [9.17, 15) is 9.59 Å². The minimum atomic E-state index is -0.542. The van der Waals surface area contributed by atoms with Crippen molar-refractivity contribution in [3.63, 3.8) is 0 Å². The number of hydrogen-bond donors (Lipinski definition) is 1. The normalized spacial score (nSPS) is 11.6. The zero-order valence-corrected chi connectivity index (χ0v) is 13.6. The first kappa shape index (κ1) is 17.1. The molecule has 0 aliphatic heterocycles. The highest BCUT2D eigenvalue weighted by Crippen LogP contribution is 2.18. The van der Waals surface area contributed by atoms with Crippen molar-refractivity contribution in [3.05, 3.63) is 11.4 Å². The Bertz CT molecular complexity index is 520. The van der Waals surface area contributed by atoms with Gasteiger partial charge in [0.2, 0.25) is 5.91 Å². The molecule has 1 rings (SSSR count). The third kappa shape index (κ3) is 4.27. The number of amides is 1. The number of esters is 1. The van der Waals surface area contributed by atoms with Crippen molar-refractivity contribution in [2.75, 3.05) is 7.11 Å². The van der Waals surface area contributed by atoms with E-state index in [4.69, 9.17) is 0 Å². The van der Waals surface area contributed by atoms with Crippen molar-refractivity contribution >= 4 is 11.9 Å². The van der Waals surface area contributed by atoms with Crippen molar-refractivity contribution < 1.29 is 14.3 Å². The van der Waals surface area contributed by atoms with Crippen LogP contribution in [0, 0.1) is 0 Å². The summed E-state index contributed by atoms with van der Waals surface area (Å²) in [5, 5.41) is 10.7. The average molecular weight is 296 g/mol. The fourth-order valence-corrected chi connectivity index (χ4v) is 1.89. The summed E-state index contributed by atoms with van der Waals surface area (Å²) in [4.78, 5) is 23.8. The molecule has 1 aromatic rings. The number of carbonyl (C=O) groups excluding carboxylic acids is 2. The Morgan fingerprint density at radius 1 is 1.38 bits per heavy atom. The van der Waals surface area contributed by atoms with Crippen LogP contribution in [0.15, 0.2) is 0 Å². The van der Waals surface area contributed by atoms with Crippen molar-refractivity contribution in [2.24, 2.45) is 0 Å². The summed E-state index contributed by atoms with van der Waals surface area (Å²) in [6.07, 6.45) is 0.820. The van der Waals surface area contributed by atoms with Crippen LogP contribution < -0.4 is 5.32 Å². The van der Waals surface area contributed by atoms with Gasteiger partial charge in [0.1, 0.15) is 6.54 Å². The van der Waals surface area contributed by atoms with Crippen LogP contribution in [-0.4, -0.2) is 39.5 Å². The topological polar surface area (TPSA) is 86.1 Å². The second-order valence-electron chi connectivity index (χ2n) is 5.91. The highest BCUT2D eigenvalue weighted by Gasteiger charge is 2.25. The Labute approximate surface area is 125 Å². The van der Waals surface area contributed by atoms with Crippen molar-refractivity contribution in [2.45, 2.75) is 59.0 Å². The molecule has 0 aliphatic carbocycles. The molecule has 0 bridgehead atoms. The number of methoxy groups -OCH3 is 1. The van der Waals surface area contributed by atoms with E-state index in [0.717, 1.165) is 6.42 Å². The van der Waals surface area contributed by atoms with Gasteiger partial charge < -0.3 is 10.1 Å². The van der Waals surface area contributed by atoms with Gasteiger partial charge in [0.05, 0.1) is 12.8 Å². The molecule has 118 valence electrons. The molecule has 1 heterocycles. The zero-order valence-electron chi connectivity index (χ0n) is 13.6. The summed E-state index contributed by atoms with van der Waals surface area (Å²) in [5.41, 5.74) is 0.488. The number of nitrogens with one attached hydrogen (secondary N) is 1. The lowest BCUT2D eigenvalue weighted by atomic mass is 10.0. The van der Waals surface area contributed by atoms with Crippen LogP contribution in [0.5, 0.6) is 0 Å². The van der Waals surface area contributed by atoms with Gasteiger partial charge in [-0.3, -0.25) is 4.79 Å². The van der Waals surface area contributed by atoms with Crippen LogP contribution in [0.4, 0.5) is 0 Å². The van der Waals surface area contributed by atoms with Crippen molar-refractivity contribution in [1.82, 2.24) is 20.3 Å². The van der Waals surface area contributed by atoms with E-state index in [0.29, 0.717) is 5.69 Å². The Morgan fingerprint density at radius 2 is 2.00 bits per heavy atom. The Kier molecular flexibility index (Phi) is 5.46. The highest BCUT2D eigenvalue weighted by molar-refractivity contribution is 5.88. The molecule has 0 saturated heterocycles. The molecule has 0 spiro atoms. The molecule has 0 radical (unpaired) electrons. The van der Waals surface area contributed by atoms with E-state index in [1.54, 1.807) is 0 Å². The predicted octanol–water partition coefficient (Wildman–Crippen LogP) is 1.49. The predicted molar refractivity (Wildman–Crippen MR) is 78.0 cm³/mol. The van der Waals surface area contributed by atoms with E-state index < -0.39 is 5.97 Å². The quantitative estimate of drug-likeness (QED) is 0.804. The molecule has 21 heavy (non-hydrogen) atoms. The molecule has 1 N–H and O–H groups in total. The van der Waals surface area contributed by atoms with E-state index in [2.05, 4.69) is 20.4 Å². The van der Waals surface area contributed by atoms with Crippen LogP contribution in [0.1, 0.15) is 63.1 Å². The minimum absolute atomic E-state index is 0.00100. The third-order valence-electron chi connectivity index (χ3n) is 3.35. The molecule has 1 amide bonds. The monoisotopic (exact) mass is 296 g/mol. The standard InChI is InChI=1S/C14H24N4O3/c1-7-14(4,5)15-10(19)8-18-12(9(2)3)11(16-17-18)13(20)21-6/h9H,7-8H2,1-6H3,(H,15,19). The highest BCUT2D eigenvalue weighted by atomic mass is 16.5. The number of hydrogen-bond acceptors (Lipinski definition) is 5. The van der Waals surface area contributed by atoms with Crippen molar-refractivity contribution in [1.29, 1.82) is 0 Å². The van der Waals surface area contributed by atoms with E-state index in [1.165, 1.54) is 11.8 Å². The lowest BCUT2D eigenvalue weighted by Gasteiger charge is -2.24. The molecule has 1 aromatic heterocycles. The van der Waals surface area contributed by atoms with Gasteiger partial charge >= 0.3 is 5.97 Å². The van der Waals surface area contributed by atoms with E-state index in [1.807, 2.05) is 34.6 Å². The first-order valence-corrected chi connectivity index (χ1v) is 7.04. The van der Waals surface area contributed by atoms with Gasteiger partial charge in [-0.05, 0) is 26.2 Å². The van der Waals surface area contributed by atoms with Crippen LogP contribution in [0.3, 0.4) is 0 Å². The van der Waals surface area contributed by atoms with Gasteiger partial charge in [0, 0.05) is 5.54 Å². The third-order valence-corrected chi connectivity index (χ3v) is 3.35. The van der Waals surface area contributed by atoms with Crippen LogP contribution in [0.2, 0.25) is 0 Å². The maximum Gasteiger partial charge on any atom is 0.360 e. The smallest absolute Gasteiger partial charge is 0.360 e. The first-order chi connectivity index (χ1) is 9.71. The number of carbonyl (C=O) groups is 2. The molecular weight excluding hydrogens is 272 g/mol. The van der Waals surface area contributed by atoms with Gasteiger partial charge in [0.25, 0.3) is 0 Å². The molecular formula is C14H24N4O3. The number of aromatic nitrogens is 3. The molecule has 7 heteroatoms. The summed E-state index contributed by atoms with van der Waals surface area (Å²) in [6, 6.07) is 0. The maximum atomic E-state index is 12.1. The van der Waals surface area contributed by atoms with Crippen LogP contribution in [-0.2, 0) is 16.1 Å². The molecule has 0 unspecified atom stereocenters. The number of ether oxygens (including phenoxy) is 1. The SMILES string of the molecule is CCC(C)(C)NC(=O)Cn1nnc(C(=O)OC)c1C(C)C. The van der Waals surface area contributed by atoms with Crippen LogP contribution >= 0.6 is 0 Å². The average Bonchev–Trinajstić information content (AvgIpc) is 2.80. The summed E-state index contributed by atoms with van der Waals surface area (Å²) in [6.45, 7) is 9.77. The van der Waals surface area contributed by atoms with E-state index in [-0.39, 0.29) is 29.6 Å². The maximum absolute atomic E-state index is 12.1. The number of rotatable bonds is 6. The Hall–Kier alpha value is -1.92. The van der Waals surface area contributed by atoms with Gasteiger partial charge in [-0.15, -0.1) is 5.10 Å². The Balaban J connectivity index is 2.96. The zero-order chi connectivity index (χ0) is 16.2. The minimum Gasteiger partial charge on any atom is -0.464 e. The first-order valence-electron chi connectivity index (χ1n) is 7.04. The number of nitrogens with zero attached hydrogens (tertiary/aromatic N) is 3. The second kappa shape index (κ2) is 6.69. The molecule has 7 nitrogen and oxygen atoms in total. The molecule has 0 atom stereocenters. The van der Waals surface area contributed by atoms with Gasteiger partial charge in [-0.25, -0.2) is 9.48 Å². The molecule has 0 fully saturated rings. The fraction of sp³-hybridized carbons (Fsp3) is 0.714. The largest absolute Gasteiger partial charge is 0.464 e. The summed E-state index contributed by atoms with van der Waals surface area (Å²) < 4.78 is 6.14. The molecule has 0 saturated carbocycles. The summed E-state index contributed by atoms with van der Waals surface area (Å²) in [5.74, 6) is -0.703. The Morgan fingerprint density at radius 3 is 2.48 bits per heavy atom. The fourth-order valence-electron chi connectivity index (χ4n) is 1.89. The molecule has 0 aromatic carbocycles. The van der Waals surface area contributed by atoms with Gasteiger partial charge in [-0.1, -0.05) is 26.0 Å². The van der Waals surface area contributed by atoms with Crippen molar-refractivity contribution in [3.8, 4) is 0 Å². The summed E-state index contributed by atoms with van der Waals surface area (Å²) >= 11 is 0. The van der Waals surface area contributed by atoms with E-state index >= 15 is 0 Å². The van der Waals surface area contributed by atoms with Gasteiger partial charge in [0.15, 0.2) is 5.69 Å². The summed E-state index contributed by atoms with van der Waals surface area (Å²) in [7, 11) is 1.29. The molecule has 0 aliphatic rings. The lowest BCUT2D eigenvalue weighted by molar-refractivity contribution is -0.123. The second-order valence-corrected chi connectivity index (χ2v) is 5.91. The van der Waals surface area contributed by atoms with Gasteiger partial charge in [-0.2, -0.15) is 0 Å². The van der Waals surface area contributed by atoms with Crippen LogP contribution in [0.25, 0.3) is 0 Å².